The fourth-order valence-corrected chi connectivity index (χ4v) is 4.84. The Balaban J connectivity index is 1.70. The number of hydrogen-bond acceptors (Lipinski definition) is 1. The number of fused-ring (bicyclic) bond motifs is 2. The molecule has 4 aromatic rings. The zero-order valence-electron chi connectivity index (χ0n) is 17.5. The Kier molecular flexibility index (Phi) is 5.40. The smallest absolute Gasteiger partial charge is 0.129 e. The predicted octanol–water partition coefficient (Wildman–Crippen LogP) is 8.58. The van der Waals surface area contributed by atoms with Gasteiger partial charge in [-0.2, -0.15) is 0 Å². The van der Waals surface area contributed by atoms with Crippen molar-refractivity contribution in [3.05, 3.63) is 88.4 Å². The van der Waals surface area contributed by atoms with Gasteiger partial charge in [-0.3, -0.25) is 0 Å². The van der Waals surface area contributed by atoms with Crippen molar-refractivity contribution in [2.45, 2.75) is 45.6 Å². The molecule has 29 heavy (non-hydrogen) atoms. The Hall–Kier alpha value is -2.32. The lowest BCUT2D eigenvalue weighted by Crippen LogP contribution is -2.25. The summed E-state index contributed by atoms with van der Waals surface area (Å²) < 4.78 is 7.54. The van der Waals surface area contributed by atoms with Crippen molar-refractivity contribution >= 4 is 37.5 Å². The van der Waals surface area contributed by atoms with Crippen LogP contribution in [-0.4, -0.2) is 0 Å². The van der Waals surface area contributed by atoms with Crippen LogP contribution in [0.1, 0.15) is 51.2 Å². The summed E-state index contributed by atoms with van der Waals surface area (Å²) in [6, 6.07) is 25.9. The minimum Gasteiger partial charge on any atom is -0.483 e. The highest BCUT2D eigenvalue weighted by Gasteiger charge is 2.26. The molecule has 1 nitrogen and oxygen atoms in total. The molecule has 0 saturated heterocycles. The van der Waals surface area contributed by atoms with Crippen LogP contribution in [0.5, 0.6) is 5.75 Å². The molecule has 148 valence electrons. The molecule has 1 unspecified atom stereocenters. The van der Waals surface area contributed by atoms with Gasteiger partial charge in [0.25, 0.3) is 0 Å². The molecule has 0 aromatic heterocycles. The van der Waals surface area contributed by atoms with E-state index in [4.69, 9.17) is 4.74 Å². The topological polar surface area (TPSA) is 9.23 Å². The first-order valence-electron chi connectivity index (χ1n) is 10.3. The third-order valence-corrected chi connectivity index (χ3v) is 6.76. The van der Waals surface area contributed by atoms with Gasteiger partial charge in [-0.1, -0.05) is 62.4 Å². The average molecular weight is 447 g/mol. The molecule has 0 heterocycles. The first kappa shape index (κ1) is 20.0. The summed E-state index contributed by atoms with van der Waals surface area (Å²) in [7, 11) is 0. The Bertz CT molecular complexity index is 1160. The molecule has 0 bridgehead atoms. The van der Waals surface area contributed by atoms with Gasteiger partial charge in [0, 0.05) is 10.0 Å². The first-order valence-corrected chi connectivity index (χ1v) is 11.1. The molecule has 0 aliphatic heterocycles. The van der Waals surface area contributed by atoms with Gasteiger partial charge in [-0.15, -0.1) is 0 Å². The SMILES string of the molecule is CCC(C)c1ccc(OC(C)(C)c2ccc3cc4ccccc4cc3c2Br)cc1. The lowest BCUT2D eigenvalue weighted by molar-refractivity contribution is 0.108. The predicted molar refractivity (Wildman–Crippen MR) is 128 cm³/mol. The summed E-state index contributed by atoms with van der Waals surface area (Å²) in [5.74, 6) is 1.47. The molecular formula is C27H27BrO. The van der Waals surface area contributed by atoms with Crippen LogP contribution in [-0.2, 0) is 5.60 Å². The lowest BCUT2D eigenvalue weighted by atomic mass is 9.93. The molecule has 0 saturated carbocycles. The lowest BCUT2D eigenvalue weighted by Gasteiger charge is -2.29. The van der Waals surface area contributed by atoms with Crippen molar-refractivity contribution in [2.24, 2.45) is 0 Å². The third kappa shape index (κ3) is 3.91. The van der Waals surface area contributed by atoms with E-state index < -0.39 is 5.60 Å². The molecule has 0 aliphatic rings. The summed E-state index contributed by atoms with van der Waals surface area (Å²) in [5.41, 5.74) is 2.04. The van der Waals surface area contributed by atoms with Crippen LogP contribution in [0, 0.1) is 0 Å². The number of halogens is 1. The van der Waals surface area contributed by atoms with Crippen LogP contribution in [0.25, 0.3) is 21.5 Å². The van der Waals surface area contributed by atoms with Crippen LogP contribution in [0.2, 0.25) is 0 Å². The van der Waals surface area contributed by atoms with E-state index in [1.807, 2.05) is 0 Å². The standard InChI is InChI=1S/C27H27BrO/c1-5-18(2)19-10-13-23(14-11-19)29-27(3,4)25-15-12-22-16-20-8-6-7-9-21(20)17-24(22)26(25)28/h6-18H,5H2,1-4H3. The van der Waals surface area contributed by atoms with Crippen molar-refractivity contribution in [1.82, 2.24) is 0 Å². The molecule has 2 heteroatoms. The van der Waals surface area contributed by atoms with Gasteiger partial charge in [0.2, 0.25) is 0 Å². The molecule has 4 rings (SSSR count). The highest BCUT2D eigenvalue weighted by atomic mass is 79.9. The third-order valence-electron chi connectivity index (χ3n) is 5.90. The molecule has 0 radical (unpaired) electrons. The minimum absolute atomic E-state index is 0.462. The van der Waals surface area contributed by atoms with Crippen LogP contribution in [0.3, 0.4) is 0 Å². The number of hydrogen-bond donors (Lipinski definition) is 0. The van der Waals surface area contributed by atoms with Gasteiger partial charge in [0.1, 0.15) is 11.4 Å². The van der Waals surface area contributed by atoms with E-state index in [1.54, 1.807) is 0 Å². The number of ether oxygens (including phenoxy) is 1. The van der Waals surface area contributed by atoms with E-state index in [9.17, 15) is 0 Å². The summed E-state index contributed by atoms with van der Waals surface area (Å²) in [6.07, 6.45) is 1.14. The van der Waals surface area contributed by atoms with Crippen molar-refractivity contribution in [2.75, 3.05) is 0 Å². The summed E-state index contributed by atoms with van der Waals surface area (Å²) >= 11 is 3.88. The van der Waals surface area contributed by atoms with Gasteiger partial charge in [0.15, 0.2) is 0 Å². The number of benzene rings is 4. The van der Waals surface area contributed by atoms with Crippen LogP contribution in [0.4, 0.5) is 0 Å². The van der Waals surface area contributed by atoms with Crippen LogP contribution in [0.15, 0.2) is 77.3 Å². The highest BCUT2D eigenvalue weighted by molar-refractivity contribution is 9.10. The monoisotopic (exact) mass is 446 g/mol. The molecule has 4 aromatic carbocycles. The Labute approximate surface area is 181 Å². The van der Waals surface area contributed by atoms with Gasteiger partial charge < -0.3 is 4.74 Å². The van der Waals surface area contributed by atoms with E-state index >= 15 is 0 Å². The molecule has 0 N–H and O–H groups in total. The summed E-state index contributed by atoms with van der Waals surface area (Å²) in [4.78, 5) is 0. The molecule has 0 aliphatic carbocycles. The normalized spacial score (nSPS) is 13.0. The van der Waals surface area contributed by atoms with Crippen molar-refractivity contribution in [1.29, 1.82) is 0 Å². The average Bonchev–Trinajstić information content (AvgIpc) is 2.72. The zero-order valence-corrected chi connectivity index (χ0v) is 19.1. The fraction of sp³-hybridized carbons (Fsp3) is 0.259. The summed E-state index contributed by atoms with van der Waals surface area (Å²) in [5, 5.41) is 4.95. The molecular weight excluding hydrogens is 420 g/mol. The van der Waals surface area contributed by atoms with Crippen molar-refractivity contribution in [3.63, 3.8) is 0 Å². The van der Waals surface area contributed by atoms with E-state index in [-0.39, 0.29) is 0 Å². The van der Waals surface area contributed by atoms with Crippen molar-refractivity contribution < 1.29 is 4.74 Å². The zero-order chi connectivity index (χ0) is 20.6. The number of rotatable bonds is 5. The maximum absolute atomic E-state index is 6.44. The second kappa shape index (κ2) is 7.84. The van der Waals surface area contributed by atoms with E-state index in [0.717, 1.165) is 22.2 Å². The summed E-state index contributed by atoms with van der Waals surface area (Å²) in [6.45, 7) is 8.74. The second-order valence-electron chi connectivity index (χ2n) is 8.34. The largest absolute Gasteiger partial charge is 0.483 e. The molecule has 0 fully saturated rings. The maximum atomic E-state index is 6.44. The second-order valence-corrected chi connectivity index (χ2v) is 9.13. The fourth-order valence-electron chi connectivity index (χ4n) is 3.89. The van der Waals surface area contributed by atoms with Gasteiger partial charge in [0.05, 0.1) is 0 Å². The molecule has 0 spiro atoms. The van der Waals surface area contributed by atoms with Gasteiger partial charge in [-0.05, 0) is 93.5 Å². The Morgan fingerprint density at radius 3 is 2.17 bits per heavy atom. The van der Waals surface area contributed by atoms with Crippen LogP contribution >= 0.6 is 15.9 Å². The molecule has 1 atom stereocenters. The van der Waals surface area contributed by atoms with E-state index in [0.29, 0.717) is 5.92 Å². The Morgan fingerprint density at radius 2 is 1.52 bits per heavy atom. The quantitative estimate of drug-likeness (QED) is 0.278. The van der Waals surface area contributed by atoms with Crippen LogP contribution < -0.4 is 4.74 Å². The first-order chi connectivity index (χ1) is 13.9. The molecule has 0 amide bonds. The highest BCUT2D eigenvalue weighted by Crippen LogP contribution is 2.38. The Morgan fingerprint density at radius 1 is 0.862 bits per heavy atom. The van der Waals surface area contributed by atoms with Crippen molar-refractivity contribution in [3.8, 4) is 5.75 Å². The minimum atomic E-state index is -0.462. The maximum Gasteiger partial charge on any atom is 0.129 e. The van der Waals surface area contributed by atoms with E-state index in [2.05, 4.69) is 116 Å². The van der Waals surface area contributed by atoms with Gasteiger partial charge in [-0.25, -0.2) is 0 Å². The van der Waals surface area contributed by atoms with E-state index in [1.165, 1.54) is 27.1 Å². The van der Waals surface area contributed by atoms with Gasteiger partial charge >= 0.3 is 0 Å².